The molecule has 4 rings (SSSR count). The first kappa shape index (κ1) is 23.8. The number of hydrogen-bond donors (Lipinski definition) is 2. The fraction of sp³-hybridized carbons (Fsp3) is 0.520. The molecular formula is C25H31N3O6. The molecule has 182 valence electrons. The van der Waals surface area contributed by atoms with Crippen LogP contribution in [0.3, 0.4) is 0 Å². The zero-order valence-corrected chi connectivity index (χ0v) is 20.1. The zero-order valence-electron chi connectivity index (χ0n) is 20.1. The normalized spacial score (nSPS) is 22.3. The first-order valence-electron chi connectivity index (χ1n) is 11.6. The molecular weight excluding hydrogens is 438 g/mol. The van der Waals surface area contributed by atoms with Gasteiger partial charge < -0.3 is 20.1 Å². The van der Waals surface area contributed by atoms with Gasteiger partial charge in [-0.2, -0.15) is 0 Å². The summed E-state index contributed by atoms with van der Waals surface area (Å²) in [6.07, 6.45) is 3.81. The Morgan fingerprint density at radius 1 is 1.24 bits per heavy atom. The summed E-state index contributed by atoms with van der Waals surface area (Å²) < 4.78 is 5.22. The molecule has 9 nitrogen and oxygen atoms in total. The van der Waals surface area contributed by atoms with Crippen LogP contribution in [0.1, 0.15) is 64.4 Å². The number of piperidine rings is 1. The lowest BCUT2D eigenvalue weighted by Crippen LogP contribution is -2.43. The summed E-state index contributed by atoms with van der Waals surface area (Å²) in [5.74, 6) is -1.71. The van der Waals surface area contributed by atoms with Gasteiger partial charge in [-0.25, -0.2) is 0 Å². The average Bonchev–Trinajstić information content (AvgIpc) is 2.77. The predicted octanol–water partition coefficient (Wildman–Crippen LogP) is 3.93. The lowest BCUT2D eigenvalue weighted by atomic mass is 9.68. The van der Waals surface area contributed by atoms with Crippen LogP contribution < -0.4 is 10.1 Å². The number of carbonyl (C=O) groups excluding carboxylic acids is 2. The maximum absolute atomic E-state index is 13.8. The minimum absolute atomic E-state index is 0.0732. The number of Topliss-reactive ketones (excluding diaryl/α,β-unsaturated/α-hetero) is 1. The lowest BCUT2D eigenvalue weighted by Gasteiger charge is -2.41. The van der Waals surface area contributed by atoms with Gasteiger partial charge in [0.05, 0.1) is 12.0 Å². The van der Waals surface area contributed by atoms with E-state index >= 15 is 0 Å². The highest BCUT2D eigenvalue weighted by Crippen LogP contribution is 2.49. The molecule has 34 heavy (non-hydrogen) atoms. The second-order valence-corrected chi connectivity index (χ2v) is 10.1. The summed E-state index contributed by atoms with van der Waals surface area (Å²) in [5.41, 5.74) is 1.86. The van der Waals surface area contributed by atoms with Gasteiger partial charge in [0.2, 0.25) is 5.75 Å². The summed E-state index contributed by atoms with van der Waals surface area (Å²) in [4.78, 5) is 40.0. The summed E-state index contributed by atoms with van der Waals surface area (Å²) >= 11 is 0. The van der Waals surface area contributed by atoms with Crippen LogP contribution in [0.5, 0.6) is 11.5 Å². The van der Waals surface area contributed by atoms with Gasteiger partial charge in [0, 0.05) is 54.0 Å². The van der Waals surface area contributed by atoms with Gasteiger partial charge in [-0.15, -0.1) is 0 Å². The fourth-order valence-corrected chi connectivity index (χ4v) is 5.40. The van der Waals surface area contributed by atoms with Crippen LogP contribution in [0, 0.1) is 15.5 Å². The number of dihydropyridines is 1. The topological polar surface area (TPSA) is 122 Å². The van der Waals surface area contributed by atoms with Gasteiger partial charge in [-0.05, 0) is 49.7 Å². The Labute approximate surface area is 198 Å². The molecule has 1 aromatic carbocycles. The van der Waals surface area contributed by atoms with Crippen LogP contribution >= 0.6 is 0 Å². The number of nitro benzene ring substituents is 1. The third kappa shape index (κ3) is 4.15. The average molecular weight is 470 g/mol. The van der Waals surface area contributed by atoms with Gasteiger partial charge >= 0.3 is 5.69 Å². The number of nitrogens with zero attached hydrogens (tertiary/aromatic N) is 2. The summed E-state index contributed by atoms with van der Waals surface area (Å²) in [5, 5.41) is 25.3. The van der Waals surface area contributed by atoms with Crippen molar-refractivity contribution in [1.82, 2.24) is 10.2 Å². The molecule has 1 atom stereocenters. The molecule has 9 heteroatoms. The Morgan fingerprint density at radius 3 is 2.53 bits per heavy atom. The summed E-state index contributed by atoms with van der Waals surface area (Å²) in [6.45, 7) is 7.12. The number of benzene rings is 1. The number of carbonyl (C=O) groups is 2. The van der Waals surface area contributed by atoms with E-state index in [0.29, 0.717) is 48.3 Å². The Balaban J connectivity index is 1.93. The van der Waals surface area contributed by atoms with E-state index in [2.05, 4.69) is 5.32 Å². The van der Waals surface area contributed by atoms with Crippen LogP contribution in [0.25, 0.3) is 0 Å². The maximum Gasteiger partial charge on any atom is 0.314 e. The number of likely N-dealkylation sites (tertiary alicyclic amines) is 1. The Bertz CT molecular complexity index is 1130. The van der Waals surface area contributed by atoms with E-state index < -0.39 is 22.3 Å². The number of nitrogens with one attached hydrogen (secondary N) is 1. The monoisotopic (exact) mass is 469 g/mol. The van der Waals surface area contributed by atoms with E-state index in [9.17, 15) is 24.8 Å². The SMILES string of the molecule is COc1cc([C@@H]2C(C(=O)N3CCCCC3)=C(C)NC3=C2C(=O)CC(C)(C)C3)cc([N+](=O)[O-])c1O. The van der Waals surface area contributed by atoms with Crippen molar-refractivity contribution in [2.45, 2.75) is 58.8 Å². The van der Waals surface area contributed by atoms with E-state index in [-0.39, 0.29) is 22.9 Å². The highest BCUT2D eigenvalue weighted by atomic mass is 16.6. The quantitative estimate of drug-likeness (QED) is 0.506. The van der Waals surface area contributed by atoms with Crippen LogP contribution in [0.2, 0.25) is 0 Å². The van der Waals surface area contributed by atoms with Crippen molar-refractivity contribution in [1.29, 1.82) is 0 Å². The smallest absolute Gasteiger partial charge is 0.314 e. The highest BCUT2D eigenvalue weighted by molar-refractivity contribution is 6.05. The van der Waals surface area contributed by atoms with Crippen molar-refractivity contribution in [3.05, 3.63) is 50.4 Å². The third-order valence-corrected chi connectivity index (χ3v) is 6.94. The molecule has 2 heterocycles. The molecule has 1 saturated heterocycles. The van der Waals surface area contributed by atoms with Gasteiger partial charge in [0.25, 0.3) is 5.91 Å². The van der Waals surface area contributed by atoms with Gasteiger partial charge in [0.1, 0.15) is 0 Å². The number of ketones is 1. The minimum Gasteiger partial charge on any atom is -0.500 e. The third-order valence-electron chi connectivity index (χ3n) is 6.94. The molecule has 3 aliphatic rings. The van der Waals surface area contributed by atoms with Gasteiger partial charge in [-0.3, -0.25) is 19.7 Å². The van der Waals surface area contributed by atoms with Crippen LogP contribution in [-0.2, 0) is 9.59 Å². The van der Waals surface area contributed by atoms with E-state index in [4.69, 9.17) is 4.74 Å². The standard InChI is InChI=1S/C25H31N3O6/c1-14-20(24(31)27-8-6-5-7-9-27)21(22-16(26-14)12-25(2,3)13-18(22)29)15-10-17(28(32)33)23(30)19(11-15)34-4/h10-11,21,26,30H,5-9,12-13H2,1-4H3/t21-/m1/s1. The lowest BCUT2D eigenvalue weighted by molar-refractivity contribution is -0.386. The Morgan fingerprint density at radius 2 is 1.91 bits per heavy atom. The second kappa shape index (κ2) is 8.77. The van der Waals surface area contributed by atoms with E-state index in [1.54, 1.807) is 4.90 Å². The van der Waals surface area contributed by atoms with E-state index in [0.717, 1.165) is 25.0 Å². The number of amides is 1. The number of phenols is 1. The highest BCUT2D eigenvalue weighted by Gasteiger charge is 2.44. The maximum atomic E-state index is 13.8. The van der Waals surface area contributed by atoms with E-state index in [1.807, 2.05) is 20.8 Å². The molecule has 0 bridgehead atoms. The van der Waals surface area contributed by atoms with Crippen LogP contribution in [-0.4, -0.2) is 46.8 Å². The molecule has 1 aromatic rings. The minimum atomic E-state index is -0.789. The number of phenolic OH excluding ortho intramolecular Hbond substituents is 1. The molecule has 2 N–H and O–H groups in total. The van der Waals surface area contributed by atoms with Crippen molar-refractivity contribution in [3.8, 4) is 11.5 Å². The number of methoxy groups -OCH3 is 1. The number of nitro groups is 1. The molecule has 1 aliphatic carbocycles. The molecule has 2 aliphatic heterocycles. The summed E-state index contributed by atoms with van der Waals surface area (Å²) in [7, 11) is 1.31. The molecule has 0 spiro atoms. The number of hydrogen-bond acceptors (Lipinski definition) is 7. The van der Waals surface area contributed by atoms with Crippen molar-refractivity contribution in [2.75, 3.05) is 20.2 Å². The number of rotatable bonds is 4. The number of ether oxygens (including phenoxy) is 1. The number of allylic oxidation sites excluding steroid dienone is 3. The second-order valence-electron chi connectivity index (χ2n) is 10.1. The van der Waals surface area contributed by atoms with Crippen molar-refractivity contribution in [3.63, 3.8) is 0 Å². The molecule has 1 fully saturated rings. The molecule has 0 aromatic heterocycles. The molecule has 0 radical (unpaired) electrons. The Hall–Kier alpha value is -3.36. The first-order valence-corrected chi connectivity index (χ1v) is 11.6. The van der Waals surface area contributed by atoms with Gasteiger partial charge in [0.15, 0.2) is 11.5 Å². The van der Waals surface area contributed by atoms with Crippen LogP contribution in [0.4, 0.5) is 5.69 Å². The number of aromatic hydroxyl groups is 1. The van der Waals surface area contributed by atoms with Crippen molar-refractivity contribution in [2.24, 2.45) is 5.41 Å². The van der Waals surface area contributed by atoms with Crippen LogP contribution in [0.15, 0.2) is 34.7 Å². The van der Waals surface area contributed by atoms with E-state index in [1.165, 1.54) is 19.2 Å². The zero-order chi connectivity index (χ0) is 24.8. The van der Waals surface area contributed by atoms with Gasteiger partial charge in [-0.1, -0.05) is 13.8 Å². The largest absolute Gasteiger partial charge is 0.500 e. The van der Waals surface area contributed by atoms with Crippen molar-refractivity contribution >= 4 is 17.4 Å². The molecule has 1 amide bonds. The van der Waals surface area contributed by atoms with Crippen molar-refractivity contribution < 1.29 is 24.4 Å². The first-order chi connectivity index (χ1) is 16.0. The predicted molar refractivity (Wildman–Crippen MR) is 125 cm³/mol. The fourth-order valence-electron chi connectivity index (χ4n) is 5.40. The molecule has 0 saturated carbocycles. The summed E-state index contributed by atoms with van der Waals surface area (Å²) in [6, 6.07) is 2.75. The Kier molecular flexibility index (Phi) is 6.14. The molecule has 0 unspecified atom stereocenters.